The van der Waals surface area contributed by atoms with Gasteiger partial charge in [0.1, 0.15) is 6.61 Å². The highest BCUT2D eigenvalue weighted by molar-refractivity contribution is 5.94. The molecule has 3 aliphatic rings. The third-order valence-electron chi connectivity index (χ3n) is 4.16. The van der Waals surface area contributed by atoms with Crippen LogP contribution in [0.3, 0.4) is 0 Å². The Balaban J connectivity index is 1.81. The molecule has 4 heteroatoms. The largest absolute Gasteiger partial charge is 0.447 e. The zero-order chi connectivity index (χ0) is 11.3. The number of hydrogen-bond donors (Lipinski definition) is 0. The van der Waals surface area contributed by atoms with Gasteiger partial charge >= 0.3 is 6.09 Å². The fraction of sp³-hybridized carbons (Fsp3) is 0.667. The molecule has 16 heavy (non-hydrogen) atoms. The molecule has 0 radical (unpaired) electrons. The van der Waals surface area contributed by atoms with Gasteiger partial charge in [-0.25, -0.2) is 9.69 Å². The second-order valence-corrected chi connectivity index (χ2v) is 4.94. The SMILES string of the molecule is CC1C2C=CC(C2)C1C(=O)N1CCOC1=O. The lowest BCUT2D eigenvalue weighted by molar-refractivity contribution is -0.134. The van der Waals surface area contributed by atoms with E-state index in [4.69, 9.17) is 4.74 Å². The highest BCUT2D eigenvalue weighted by atomic mass is 16.6. The van der Waals surface area contributed by atoms with Crippen molar-refractivity contribution in [3.05, 3.63) is 12.2 Å². The number of ether oxygens (including phenoxy) is 1. The zero-order valence-electron chi connectivity index (χ0n) is 9.26. The van der Waals surface area contributed by atoms with Crippen LogP contribution in [0.5, 0.6) is 0 Å². The number of carbonyl (C=O) groups is 2. The lowest BCUT2D eigenvalue weighted by atomic mass is 9.83. The molecular weight excluding hydrogens is 206 g/mol. The molecule has 86 valence electrons. The van der Waals surface area contributed by atoms with Crippen LogP contribution in [0, 0.1) is 23.7 Å². The van der Waals surface area contributed by atoms with E-state index in [0.29, 0.717) is 30.9 Å². The monoisotopic (exact) mass is 221 g/mol. The van der Waals surface area contributed by atoms with E-state index in [1.807, 2.05) is 0 Å². The Kier molecular flexibility index (Phi) is 2.06. The van der Waals surface area contributed by atoms with Gasteiger partial charge in [-0.05, 0) is 24.2 Å². The van der Waals surface area contributed by atoms with Crippen molar-refractivity contribution in [1.29, 1.82) is 0 Å². The van der Waals surface area contributed by atoms with Crippen LogP contribution in [0.4, 0.5) is 4.79 Å². The van der Waals surface area contributed by atoms with Crippen LogP contribution in [0.25, 0.3) is 0 Å². The van der Waals surface area contributed by atoms with E-state index >= 15 is 0 Å². The summed E-state index contributed by atoms with van der Waals surface area (Å²) in [5, 5.41) is 0. The average molecular weight is 221 g/mol. The number of rotatable bonds is 1. The number of hydrogen-bond acceptors (Lipinski definition) is 3. The van der Waals surface area contributed by atoms with Crippen LogP contribution in [0.2, 0.25) is 0 Å². The van der Waals surface area contributed by atoms with E-state index < -0.39 is 6.09 Å². The molecular formula is C12H15NO3. The number of imide groups is 1. The number of amides is 2. The van der Waals surface area contributed by atoms with Crippen LogP contribution < -0.4 is 0 Å². The third-order valence-corrected chi connectivity index (χ3v) is 4.16. The Bertz CT molecular complexity index is 376. The number of nitrogens with zero attached hydrogens (tertiary/aromatic N) is 1. The summed E-state index contributed by atoms with van der Waals surface area (Å²) >= 11 is 0. The standard InChI is InChI=1S/C12H15NO3/c1-7-8-2-3-9(6-8)10(7)11(14)13-4-5-16-12(13)15/h2-3,7-10H,4-6H2,1H3. The van der Waals surface area contributed by atoms with Crippen molar-refractivity contribution in [2.45, 2.75) is 13.3 Å². The third kappa shape index (κ3) is 1.22. The molecule has 1 heterocycles. The first-order valence-electron chi connectivity index (χ1n) is 5.85. The summed E-state index contributed by atoms with van der Waals surface area (Å²) in [6.45, 7) is 2.87. The van der Waals surface area contributed by atoms with Crippen LogP contribution in [0.15, 0.2) is 12.2 Å². The highest BCUT2D eigenvalue weighted by Crippen LogP contribution is 2.48. The van der Waals surface area contributed by atoms with Crippen molar-refractivity contribution >= 4 is 12.0 Å². The van der Waals surface area contributed by atoms with Gasteiger partial charge in [0.05, 0.1) is 6.54 Å². The van der Waals surface area contributed by atoms with Crippen molar-refractivity contribution < 1.29 is 14.3 Å². The number of cyclic esters (lactones) is 1. The van der Waals surface area contributed by atoms with Crippen molar-refractivity contribution in [2.24, 2.45) is 23.7 Å². The molecule has 4 nitrogen and oxygen atoms in total. The van der Waals surface area contributed by atoms with Gasteiger partial charge in [0, 0.05) is 5.92 Å². The number of fused-ring (bicyclic) bond motifs is 2. The lowest BCUT2D eigenvalue weighted by Gasteiger charge is -2.26. The minimum absolute atomic E-state index is 0.0133. The summed E-state index contributed by atoms with van der Waals surface area (Å²) in [5.41, 5.74) is 0. The molecule has 0 aromatic carbocycles. The molecule has 2 aliphatic carbocycles. The van der Waals surface area contributed by atoms with Gasteiger partial charge in [-0.2, -0.15) is 0 Å². The second kappa shape index (κ2) is 3.34. The van der Waals surface area contributed by atoms with Crippen LogP contribution >= 0.6 is 0 Å². The zero-order valence-corrected chi connectivity index (χ0v) is 9.26. The van der Waals surface area contributed by atoms with Crippen molar-refractivity contribution in [2.75, 3.05) is 13.2 Å². The molecule has 1 aliphatic heterocycles. The maximum absolute atomic E-state index is 12.2. The molecule has 2 fully saturated rings. The molecule has 0 N–H and O–H groups in total. The van der Waals surface area contributed by atoms with Gasteiger partial charge in [-0.1, -0.05) is 19.1 Å². The minimum atomic E-state index is -0.469. The van der Waals surface area contributed by atoms with E-state index in [9.17, 15) is 9.59 Å². The van der Waals surface area contributed by atoms with E-state index in [0.717, 1.165) is 6.42 Å². The number of allylic oxidation sites excluding steroid dienone is 2. The average Bonchev–Trinajstić information content (AvgIpc) is 2.92. The fourth-order valence-electron chi connectivity index (χ4n) is 3.25. The minimum Gasteiger partial charge on any atom is -0.447 e. The first-order chi connectivity index (χ1) is 7.68. The molecule has 2 amide bonds. The fourth-order valence-corrected chi connectivity index (χ4v) is 3.25. The second-order valence-electron chi connectivity index (χ2n) is 4.94. The Labute approximate surface area is 94.2 Å². The predicted octanol–water partition coefficient (Wildman–Crippen LogP) is 1.42. The molecule has 2 bridgehead atoms. The van der Waals surface area contributed by atoms with Crippen molar-refractivity contribution in [3.63, 3.8) is 0 Å². The first-order valence-corrected chi connectivity index (χ1v) is 5.85. The van der Waals surface area contributed by atoms with Gasteiger partial charge in [0.2, 0.25) is 5.91 Å². The summed E-state index contributed by atoms with van der Waals surface area (Å²) in [7, 11) is 0. The Morgan fingerprint density at radius 3 is 2.75 bits per heavy atom. The molecule has 4 unspecified atom stereocenters. The van der Waals surface area contributed by atoms with E-state index in [1.54, 1.807) is 0 Å². The van der Waals surface area contributed by atoms with Gasteiger partial charge in [-0.3, -0.25) is 4.79 Å². The van der Waals surface area contributed by atoms with Crippen molar-refractivity contribution in [1.82, 2.24) is 4.90 Å². The van der Waals surface area contributed by atoms with E-state index in [-0.39, 0.29) is 11.8 Å². The van der Waals surface area contributed by atoms with Crippen LogP contribution in [-0.2, 0) is 9.53 Å². The predicted molar refractivity (Wildman–Crippen MR) is 56.5 cm³/mol. The quantitative estimate of drug-likeness (QED) is 0.629. The topological polar surface area (TPSA) is 46.6 Å². The lowest BCUT2D eigenvalue weighted by Crippen LogP contribution is -2.40. The molecule has 1 saturated heterocycles. The summed E-state index contributed by atoms with van der Waals surface area (Å²) in [6, 6.07) is 0. The van der Waals surface area contributed by atoms with Crippen molar-refractivity contribution in [3.8, 4) is 0 Å². The summed E-state index contributed by atoms with van der Waals surface area (Å²) in [4.78, 5) is 24.9. The maximum Gasteiger partial charge on any atom is 0.416 e. The van der Waals surface area contributed by atoms with E-state index in [1.165, 1.54) is 4.90 Å². The van der Waals surface area contributed by atoms with Gasteiger partial charge in [0.15, 0.2) is 0 Å². The Morgan fingerprint density at radius 2 is 2.19 bits per heavy atom. The molecule has 1 saturated carbocycles. The molecule has 4 atom stereocenters. The summed E-state index contributed by atoms with van der Waals surface area (Å²) < 4.78 is 4.81. The first kappa shape index (κ1) is 9.87. The summed E-state index contributed by atoms with van der Waals surface area (Å²) in [6.07, 6.45) is 4.94. The number of carbonyl (C=O) groups excluding carboxylic acids is 2. The Morgan fingerprint density at radius 1 is 1.44 bits per heavy atom. The normalized spacial score (nSPS) is 40.6. The van der Waals surface area contributed by atoms with Gasteiger partial charge < -0.3 is 4.74 Å². The highest BCUT2D eigenvalue weighted by Gasteiger charge is 2.48. The molecule has 0 aromatic rings. The van der Waals surface area contributed by atoms with Gasteiger partial charge in [-0.15, -0.1) is 0 Å². The maximum atomic E-state index is 12.2. The smallest absolute Gasteiger partial charge is 0.416 e. The summed E-state index contributed by atoms with van der Waals surface area (Å²) in [5.74, 6) is 1.17. The van der Waals surface area contributed by atoms with Crippen LogP contribution in [0.1, 0.15) is 13.3 Å². The molecule has 3 rings (SSSR count). The molecule has 0 spiro atoms. The molecule has 0 aromatic heterocycles. The van der Waals surface area contributed by atoms with E-state index in [2.05, 4.69) is 19.1 Å². The Hall–Kier alpha value is -1.32. The van der Waals surface area contributed by atoms with Gasteiger partial charge in [0.25, 0.3) is 0 Å². The van der Waals surface area contributed by atoms with Crippen LogP contribution in [-0.4, -0.2) is 30.1 Å².